The Labute approximate surface area is 143 Å². The van der Waals surface area contributed by atoms with E-state index in [1.807, 2.05) is 6.20 Å². The number of rotatable bonds is 9. The molecule has 0 spiro atoms. The normalized spacial score (nSPS) is 14.6. The van der Waals surface area contributed by atoms with Crippen LogP contribution in [0.1, 0.15) is 39.1 Å². The molecule has 0 bridgehead atoms. The average Bonchev–Trinajstić information content (AvgIpc) is 2.44. The zero-order valence-corrected chi connectivity index (χ0v) is 15.6. The van der Waals surface area contributed by atoms with Gasteiger partial charge in [-0.1, -0.05) is 27.7 Å². The number of hydrogen-bond donors (Lipinski definition) is 3. The molecule has 0 saturated carbocycles. The second kappa shape index (κ2) is 9.75. The van der Waals surface area contributed by atoms with Crippen molar-refractivity contribution in [2.45, 2.75) is 57.8 Å². The zero-order valence-electron chi connectivity index (χ0n) is 13.9. The summed E-state index contributed by atoms with van der Waals surface area (Å²) in [6.45, 7) is 8.61. The van der Waals surface area contributed by atoms with E-state index in [1.54, 1.807) is 0 Å². The monoisotopic (exact) mass is 344 g/mol. The molecule has 0 fully saturated rings. The van der Waals surface area contributed by atoms with E-state index in [4.69, 9.17) is 4.98 Å². The summed E-state index contributed by atoms with van der Waals surface area (Å²) in [4.78, 5) is 9.28. The topological polar surface area (TPSA) is 66.2 Å². The molecular weight excluding hydrogens is 316 g/mol. The summed E-state index contributed by atoms with van der Waals surface area (Å²) in [5.41, 5.74) is 1.95. The first-order chi connectivity index (χ1) is 10.3. The molecule has 1 aromatic rings. The number of thioether (sulfide) groups is 1. The van der Waals surface area contributed by atoms with Crippen LogP contribution in [0.2, 0.25) is 0 Å². The molecule has 0 aliphatic heterocycles. The third kappa shape index (κ3) is 6.86. The lowest BCUT2D eigenvalue weighted by atomic mass is 10.1. The van der Waals surface area contributed by atoms with Gasteiger partial charge in [-0.15, -0.1) is 11.8 Å². The molecule has 0 aliphatic rings. The maximum Gasteiger partial charge on any atom is 0.118 e. The van der Waals surface area contributed by atoms with Crippen molar-refractivity contribution in [2.75, 3.05) is 11.5 Å². The highest BCUT2D eigenvalue weighted by atomic mass is 32.2. The second-order valence-corrected chi connectivity index (χ2v) is 7.81. The van der Waals surface area contributed by atoms with Crippen LogP contribution in [0.3, 0.4) is 0 Å². The smallest absolute Gasteiger partial charge is 0.118 e. The van der Waals surface area contributed by atoms with Crippen LogP contribution in [0.15, 0.2) is 11.2 Å². The highest BCUT2D eigenvalue weighted by Gasteiger charge is 2.17. The molecule has 2 atom stereocenters. The number of aliphatic hydroxyl groups excluding tert-OH is 2. The molecule has 2 unspecified atom stereocenters. The minimum Gasteiger partial charge on any atom is -0.390 e. The molecule has 0 amide bonds. The summed E-state index contributed by atoms with van der Waals surface area (Å²) >= 11 is 5.47. The Morgan fingerprint density at radius 2 is 1.73 bits per heavy atom. The summed E-state index contributed by atoms with van der Waals surface area (Å²) in [5, 5.41) is 20.4. The molecule has 6 heteroatoms. The van der Waals surface area contributed by atoms with Crippen LogP contribution in [-0.4, -0.2) is 43.9 Å². The van der Waals surface area contributed by atoms with Crippen LogP contribution < -0.4 is 0 Å². The van der Waals surface area contributed by atoms with E-state index in [9.17, 15) is 10.2 Å². The van der Waals surface area contributed by atoms with Crippen molar-refractivity contribution in [3.05, 3.63) is 17.6 Å². The van der Waals surface area contributed by atoms with E-state index in [-0.39, 0.29) is 5.75 Å². The second-order valence-electron chi connectivity index (χ2n) is 6.44. The Morgan fingerprint density at radius 1 is 1.09 bits per heavy atom. The Kier molecular flexibility index (Phi) is 8.75. The van der Waals surface area contributed by atoms with E-state index in [1.165, 1.54) is 11.8 Å². The van der Waals surface area contributed by atoms with Crippen molar-refractivity contribution in [1.82, 2.24) is 9.97 Å². The van der Waals surface area contributed by atoms with E-state index >= 15 is 0 Å². The number of hydrogen-bond acceptors (Lipinski definition) is 6. The predicted molar refractivity (Wildman–Crippen MR) is 95.7 cm³/mol. The third-order valence-electron chi connectivity index (χ3n) is 3.10. The van der Waals surface area contributed by atoms with Crippen molar-refractivity contribution >= 4 is 24.4 Å². The molecule has 0 aromatic carbocycles. The summed E-state index contributed by atoms with van der Waals surface area (Å²) in [7, 11) is 0. The largest absolute Gasteiger partial charge is 0.390 e. The fourth-order valence-electron chi connectivity index (χ4n) is 1.99. The number of aromatic nitrogens is 2. The summed E-state index contributed by atoms with van der Waals surface area (Å²) in [5.74, 6) is 1.67. The van der Waals surface area contributed by atoms with Gasteiger partial charge in [0.15, 0.2) is 0 Å². The van der Waals surface area contributed by atoms with Gasteiger partial charge in [0.25, 0.3) is 0 Å². The fourth-order valence-corrected chi connectivity index (χ4v) is 3.27. The number of thiol groups is 1. The Balaban J connectivity index is 2.86. The maximum atomic E-state index is 9.90. The highest BCUT2D eigenvalue weighted by molar-refractivity contribution is 7.99. The van der Waals surface area contributed by atoms with E-state index in [0.29, 0.717) is 17.6 Å². The minimum atomic E-state index is -0.809. The zero-order chi connectivity index (χ0) is 16.7. The van der Waals surface area contributed by atoms with Gasteiger partial charge in [0, 0.05) is 17.7 Å². The molecule has 2 N–H and O–H groups in total. The first-order valence-electron chi connectivity index (χ1n) is 7.78. The molecular formula is C16H28N2O2S2. The van der Waals surface area contributed by atoms with Crippen molar-refractivity contribution in [1.29, 1.82) is 0 Å². The minimum absolute atomic E-state index is 0.250. The highest BCUT2D eigenvalue weighted by Crippen LogP contribution is 2.24. The molecule has 4 nitrogen and oxygen atoms in total. The molecule has 0 saturated heterocycles. The first kappa shape index (κ1) is 19.7. The van der Waals surface area contributed by atoms with Gasteiger partial charge < -0.3 is 10.2 Å². The number of aliphatic hydroxyl groups is 2. The van der Waals surface area contributed by atoms with Crippen molar-refractivity contribution in [3.8, 4) is 0 Å². The summed E-state index contributed by atoms with van der Waals surface area (Å²) in [6, 6.07) is 0. The molecule has 1 aromatic heterocycles. The Hall–Kier alpha value is -0.300. The summed E-state index contributed by atoms with van der Waals surface area (Å²) < 4.78 is 0. The fraction of sp³-hybridized carbons (Fsp3) is 0.750. The predicted octanol–water partition coefficient (Wildman–Crippen LogP) is 2.62. The SMILES string of the molecule is CC(C)Cc1cnc(CC(C)C)c(SCC(O)C(O)CS)n1. The van der Waals surface area contributed by atoms with Gasteiger partial charge in [-0.25, -0.2) is 4.98 Å². The lowest BCUT2D eigenvalue weighted by Gasteiger charge is -2.17. The molecule has 0 radical (unpaired) electrons. The first-order valence-corrected chi connectivity index (χ1v) is 9.39. The van der Waals surface area contributed by atoms with Crippen LogP contribution in [-0.2, 0) is 12.8 Å². The summed E-state index contributed by atoms with van der Waals surface area (Å²) in [6.07, 6.45) is 2.01. The van der Waals surface area contributed by atoms with Gasteiger partial charge in [0.1, 0.15) is 5.03 Å². The van der Waals surface area contributed by atoms with Crippen LogP contribution in [0.5, 0.6) is 0 Å². The maximum absolute atomic E-state index is 9.90. The van der Waals surface area contributed by atoms with E-state index in [0.717, 1.165) is 29.3 Å². The average molecular weight is 345 g/mol. The molecule has 126 valence electrons. The molecule has 1 heterocycles. The molecule has 0 aliphatic carbocycles. The van der Waals surface area contributed by atoms with Gasteiger partial charge in [-0.2, -0.15) is 12.6 Å². The molecule has 22 heavy (non-hydrogen) atoms. The van der Waals surface area contributed by atoms with Crippen molar-refractivity contribution < 1.29 is 10.2 Å². The van der Waals surface area contributed by atoms with E-state index < -0.39 is 12.2 Å². The van der Waals surface area contributed by atoms with Gasteiger partial charge in [0.2, 0.25) is 0 Å². The van der Waals surface area contributed by atoms with Gasteiger partial charge in [0.05, 0.1) is 23.6 Å². The lowest BCUT2D eigenvalue weighted by molar-refractivity contribution is 0.0502. The molecule has 1 rings (SSSR count). The van der Waals surface area contributed by atoms with Crippen molar-refractivity contribution in [2.24, 2.45) is 11.8 Å². The Bertz CT molecular complexity index is 456. The van der Waals surface area contributed by atoms with Crippen LogP contribution in [0.4, 0.5) is 0 Å². The Morgan fingerprint density at radius 3 is 2.27 bits per heavy atom. The standard InChI is InChI=1S/C16H28N2O2S2/c1-10(2)5-12-7-17-13(6-11(3)4)16(18-12)22-9-15(20)14(19)8-21/h7,10-11,14-15,19-21H,5-6,8-9H2,1-4H3. The van der Waals surface area contributed by atoms with Gasteiger partial charge in [-0.3, -0.25) is 4.98 Å². The van der Waals surface area contributed by atoms with E-state index in [2.05, 4.69) is 45.3 Å². The van der Waals surface area contributed by atoms with Crippen LogP contribution in [0.25, 0.3) is 0 Å². The lowest BCUT2D eigenvalue weighted by Crippen LogP contribution is -2.29. The van der Waals surface area contributed by atoms with Crippen LogP contribution in [0, 0.1) is 11.8 Å². The van der Waals surface area contributed by atoms with Gasteiger partial charge >= 0.3 is 0 Å². The number of nitrogens with zero attached hydrogens (tertiary/aromatic N) is 2. The third-order valence-corrected chi connectivity index (χ3v) is 4.59. The van der Waals surface area contributed by atoms with Crippen LogP contribution >= 0.6 is 24.4 Å². The van der Waals surface area contributed by atoms with Crippen molar-refractivity contribution in [3.63, 3.8) is 0 Å². The van der Waals surface area contributed by atoms with Gasteiger partial charge in [-0.05, 0) is 24.7 Å². The quantitative estimate of drug-likeness (QED) is 0.475.